The van der Waals surface area contributed by atoms with Gasteiger partial charge >= 0.3 is 0 Å². The smallest absolute Gasteiger partial charge is 0.253 e. The van der Waals surface area contributed by atoms with Gasteiger partial charge in [-0.15, -0.1) is 0 Å². The molecule has 0 atom stereocenters. The van der Waals surface area contributed by atoms with E-state index in [2.05, 4.69) is 93.8 Å². The van der Waals surface area contributed by atoms with Crippen LogP contribution in [0.3, 0.4) is 0 Å². The van der Waals surface area contributed by atoms with Crippen molar-refractivity contribution in [2.75, 3.05) is 13.1 Å². The number of aromatic nitrogens is 1. The Bertz CT molecular complexity index is 1130. The first-order valence-corrected chi connectivity index (χ1v) is 15.6. The predicted octanol–water partition coefficient (Wildman–Crippen LogP) is 7.97. The number of hydrogen-bond donors (Lipinski definition) is 2. The maximum atomic E-state index is 13.3. The standard InChI is InChI=1S/C33H53N3O2S/c1-11-36(32(6,7)8)39-29-18-17-25(19-27(29)31(3,4)5)28-20-26(30(37)34-22-33(9,10)38)23(2)35(28)21-24-15-13-12-14-16-24/h17-20,24,38H,11-16,21-22H2,1-10H3,(H,34,37). The molecule has 1 fully saturated rings. The summed E-state index contributed by atoms with van der Waals surface area (Å²) in [7, 11) is 0. The average Bonchev–Trinajstić information content (AvgIpc) is 3.15. The van der Waals surface area contributed by atoms with Crippen LogP contribution in [0.5, 0.6) is 0 Å². The largest absolute Gasteiger partial charge is 0.389 e. The summed E-state index contributed by atoms with van der Waals surface area (Å²) in [5.41, 5.74) is 4.37. The van der Waals surface area contributed by atoms with Crippen LogP contribution in [-0.2, 0) is 12.0 Å². The summed E-state index contributed by atoms with van der Waals surface area (Å²) in [5.74, 6) is 0.517. The minimum atomic E-state index is -0.953. The lowest BCUT2D eigenvalue weighted by molar-refractivity contribution is 0.0694. The quantitative estimate of drug-likeness (QED) is 0.308. The van der Waals surface area contributed by atoms with Crippen LogP contribution in [0.15, 0.2) is 29.2 Å². The van der Waals surface area contributed by atoms with Crippen LogP contribution in [0.1, 0.15) is 116 Å². The van der Waals surface area contributed by atoms with Gasteiger partial charge in [0.2, 0.25) is 0 Å². The van der Waals surface area contributed by atoms with Crippen molar-refractivity contribution in [3.05, 3.63) is 41.1 Å². The first-order valence-electron chi connectivity index (χ1n) is 14.8. The number of amides is 1. The van der Waals surface area contributed by atoms with Gasteiger partial charge in [0.05, 0.1) is 11.2 Å². The number of hydrogen-bond acceptors (Lipinski definition) is 4. The van der Waals surface area contributed by atoms with Crippen molar-refractivity contribution in [1.29, 1.82) is 0 Å². The Morgan fingerprint density at radius 1 is 1.05 bits per heavy atom. The molecule has 1 saturated carbocycles. The zero-order valence-corrected chi connectivity index (χ0v) is 27.0. The third kappa shape index (κ3) is 8.37. The zero-order valence-electron chi connectivity index (χ0n) is 26.2. The minimum Gasteiger partial charge on any atom is -0.389 e. The Morgan fingerprint density at radius 2 is 1.69 bits per heavy atom. The van der Waals surface area contributed by atoms with E-state index in [-0.39, 0.29) is 23.4 Å². The Balaban J connectivity index is 2.08. The molecule has 1 aliphatic carbocycles. The third-order valence-electron chi connectivity index (χ3n) is 7.79. The summed E-state index contributed by atoms with van der Waals surface area (Å²) >= 11 is 1.85. The van der Waals surface area contributed by atoms with Crippen molar-refractivity contribution in [1.82, 2.24) is 14.2 Å². The number of nitrogens with one attached hydrogen (secondary N) is 1. The molecule has 0 spiro atoms. The van der Waals surface area contributed by atoms with Gasteiger partial charge in [-0.2, -0.15) is 0 Å². The van der Waals surface area contributed by atoms with Gasteiger partial charge in [0, 0.05) is 41.5 Å². The fourth-order valence-corrected chi connectivity index (χ4v) is 6.75. The van der Waals surface area contributed by atoms with Crippen LogP contribution in [0.2, 0.25) is 0 Å². The van der Waals surface area contributed by atoms with Gasteiger partial charge in [-0.3, -0.25) is 4.79 Å². The normalized spacial score (nSPS) is 15.7. The third-order valence-corrected chi connectivity index (χ3v) is 9.36. The summed E-state index contributed by atoms with van der Waals surface area (Å²) in [6.45, 7) is 23.5. The molecule has 3 rings (SSSR count). The van der Waals surface area contributed by atoms with Crippen molar-refractivity contribution in [2.24, 2.45) is 5.92 Å². The highest BCUT2D eigenvalue weighted by Crippen LogP contribution is 2.40. The van der Waals surface area contributed by atoms with Gasteiger partial charge < -0.3 is 15.0 Å². The highest BCUT2D eigenvalue weighted by molar-refractivity contribution is 7.97. The van der Waals surface area contributed by atoms with Gasteiger partial charge in [-0.05, 0) is 107 Å². The molecule has 0 saturated heterocycles. The molecule has 5 nitrogen and oxygen atoms in total. The van der Waals surface area contributed by atoms with E-state index in [4.69, 9.17) is 0 Å². The van der Waals surface area contributed by atoms with E-state index in [0.717, 1.165) is 30.0 Å². The molecule has 39 heavy (non-hydrogen) atoms. The fourth-order valence-electron chi connectivity index (χ4n) is 5.52. The Hall–Kier alpha value is -1.76. The molecule has 1 heterocycles. The summed E-state index contributed by atoms with van der Waals surface area (Å²) < 4.78 is 4.83. The van der Waals surface area contributed by atoms with E-state index in [1.807, 2.05) is 11.9 Å². The molecule has 218 valence electrons. The van der Waals surface area contributed by atoms with E-state index in [1.54, 1.807) is 13.8 Å². The lowest BCUT2D eigenvalue weighted by Gasteiger charge is -2.35. The van der Waals surface area contributed by atoms with Crippen LogP contribution >= 0.6 is 11.9 Å². The lowest BCUT2D eigenvalue weighted by atomic mass is 9.85. The summed E-state index contributed by atoms with van der Waals surface area (Å²) in [4.78, 5) is 14.6. The van der Waals surface area contributed by atoms with Crippen molar-refractivity contribution in [3.63, 3.8) is 0 Å². The molecular weight excluding hydrogens is 502 g/mol. The van der Waals surface area contributed by atoms with E-state index in [0.29, 0.717) is 11.5 Å². The Morgan fingerprint density at radius 3 is 2.23 bits per heavy atom. The van der Waals surface area contributed by atoms with E-state index in [9.17, 15) is 9.90 Å². The number of rotatable bonds is 9. The Kier molecular flexibility index (Phi) is 10.1. The van der Waals surface area contributed by atoms with Gasteiger partial charge in [0.15, 0.2) is 0 Å². The molecule has 1 aliphatic rings. The maximum Gasteiger partial charge on any atom is 0.253 e. The van der Waals surface area contributed by atoms with Crippen molar-refractivity contribution in [3.8, 4) is 11.3 Å². The van der Waals surface area contributed by atoms with Gasteiger partial charge in [0.25, 0.3) is 5.91 Å². The SMILES string of the molecule is CCN(Sc1ccc(-c2cc(C(=O)NCC(C)(C)O)c(C)n2CC2CCCCC2)cc1C(C)(C)C)C(C)(C)C. The maximum absolute atomic E-state index is 13.3. The minimum absolute atomic E-state index is 0.0294. The molecular formula is C33H53N3O2S. The predicted molar refractivity (Wildman–Crippen MR) is 167 cm³/mol. The number of carbonyl (C=O) groups excluding carboxylic acids is 1. The molecule has 0 radical (unpaired) electrons. The van der Waals surface area contributed by atoms with Crippen LogP contribution in [0.4, 0.5) is 0 Å². The number of aliphatic hydroxyl groups is 1. The van der Waals surface area contributed by atoms with E-state index in [1.165, 1.54) is 42.6 Å². The van der Waals surface area contributed by atoms with Crippen LogP contribution < -0.4 is 5.32 Å². The first-order chi connectivity index (χ1) is 18.0. The highest BCUT2D eigenvalue weighted by atomic mass is 32.2. The van der Waals surface area contributed by atoms with Crippen molar-refractivity contribution in [2.45, 2.75) is 129 Å². The van der Waals surface area contributed by atoms with Crippen molar-refractivity contribution < 1.29 is 9.90 Å². The summed E-state index contributed by atoms with van der Waals surface area (Å²) in [5, 5.41) is 13.1. The van der Waals surface area contributed by atoms with E-state index < -0.39 is 5.60 Å². The monoisotopic (exact) mass is 555 g/mol. The van der Waals surface area contributed by atoms with Crippen molar-refractivity contribution >= 4 is 17.9 Å². The topological polar surface area (TPSA) is 57.5 Å². The first kappa shape index (κ1) is 31.8. The Labute approximate surface area is 242 Å². The number of nitrogens with zero attached hydrogens (tertiary/aromatic N) is 2. The van der Waals surface area contributed by atoms with Gasteiger partial charge in [-0.1, -0.05) is 53.0 Å². The van der Waals surface area contributed by atoms with Crippen LogP contribution in [0, 0.1) is 12.8 Å². The zero-order chi connectivity index (χ0) is 29.2. The molecule has 1 aromatic carbocycles. The van der Waals surface area contributed by atoms with E-state index >= 15 is 0 Å². The molecule has 0 aliphatic heterocycles. The molecule has 2 N–H and O–H groups in total. The second-order valence-corrected chi connectivity index (χ2v) is 15.1. The van der Waals surface area contributed by atoms with Gasteiger partial charge in [-0.25, -0.2) is 4.31 Å². The molecule has 0 bridgehead atoms. The van der Waals surface area contributed by atoms with Crippen LogP contribution in [-0.4, -0.2) is 44.1 Å². The number of carbonyl (C=O) groups is 1. The molecule has 0 unspecified atom stereocenters. The van der Waals surface area contributed by atoms with Crippen LogP contribution in [0.25, 0.3) is 11.3 Å². The molecule has 1 aromatic heterocycles. The highest BCUT2D eigenvalue weighted by Gasteiger charge is 2.27. The fraction of sp³-hybridized carbons (Fsp3) is 0.667. The molecule has 6 heteroatoms. The summed E-state index contributed by atoms with van der Waals surface area (Å²) in [6, 6.07) is 8.93. The van der Waals surface area contributed by atoms with Gasteiger partial charge in [0.1, 0.15) is 0 Å². The lowest BCUT2D eigenvalue weighted by Crippen LogP contribution is -2.38. The second-order valence-electron chi connectivity index (χ2n) is 14.1. The average molecular weight is 556 g/mol. The second kappa shape index (κ2) is 12.4. The molecule has 2 aromatic rings. The molecule has 1 amide bonds. The number of benzene rings is 1. The summed E-state index contributed by atoms with van der Waals surface area (Å²) in [6.07, 6.45) is 6.41.